The van der Waals surface area contributed by atoms with Crippen LogP contribution in [0.4, 0.5) is 0 Å². The van der Waals surface area contributed by atoms with E-state index in [0.717, 1.165) is 0 Å². The van der Waals surface area contributed by atoms with Gasteiger partial charge in [0.25, 0.3) is 0 Å². The van der Waals surface area contributed by atoms with Gasteiger partial charge in [0.2, 0.25) is 0 Å². The molecular weight excluding hydrogens is 254 g/mol. The first kappa shape index (κ1) is 16.3. The van der Waals surface area contributed by atoms with Crippen LogP contribution >= 0.6 is 15.2 Å². The van der Waals surface area contributed by atoms with E-state index in [4.69, 9.17) is 18.1 Å². The average molecular weight is 274 g/mol. The lowest BCUT2D eigenvalue weighted by atomic mass is 10.9. The van der Waals surface area contributed by atoms with Crippen LogP contribution in [-0.4, -0.2) is 32.8 Å². The van der Waals surface area contributed by atoms with Crippen LogP contribution in [0.1, 0.15) is 20.8 Å². The molecule has 0 heterocycles. The van der Waals surface area contributed by atoms with Crippen LogP contribution in [0.3, 0.4) is 0 Å². The van der Waals surface area contributed by atoms with Crippen molar-refractivity contribution >= 4 is 15.2 Å². The van der Waals surface area contributed by atoms with E-state index >= 15 is 0 Å². The van der Waals surface area contributed by atoms with Crippen molar-refractivity contribution in [1.82, 2.24) is 0 Å². The fraction of sp³-hybridized carbons (Fsp3) is 1.00. The highest BCUT2D eigenvalue weighted by Gasteiger charge is 2.46. The van der Waals surface area contributed by atoms with Gasteiger partial charge in [-0.05, 0) is 20.8 Å². The SMILES string of the molecule is CCOP(=O)(OCC)C(C)P(=O)(OC)OC. The third-order valence-electron chi connectivity index (χ3n) is 2.04. The maximum absolute atomic E-state index is 12.3. The lowest BCUT2D eigenvalue weighted by Gasteiger charge is -2.27. The van der Waals surface area contributed by atoms with E-state index in [1.807, 2.05) is 0 Å². The Bertz CT molecular complexity index is 274. The molecule has 6 nitrogen and oxygen atoms in total. The summed E-state index contributed by atoms with van der Waals surface area (Å²) in [5.74, 6) is 0. The van der Waals surface area contributed by atoms with E-state index in [9.17, 15) is 9.13 Å². The van der Waals surface area contributed by atoms with Gasteiger partial charge in [0.15, 0.2) is 5.40 Å². The van der Waals surface area contributed by atoms with E-state index in [0.29, 0.717) is 0 Å². The average Bonchev–Trinajstić information content (AvgIpc) is 2.27. The van der Waals surface area contributed by atoms with E-state index in [1.165, 1.54) is 21.1 Å². The second-order valence-corrected chi connectivity index (χ2v) is 8.27. The summed E-state index contributed by atoms with van der Waals surface area (Å²) in [6, 6.07) is 0. The van der Waals surface area contributed by atoms with E-state index in [-0.39, 0.29) is 13.2 Å². The van der Waals surface area contributed by atoms with Crippen LogP contribution in [-0.2, 0) is 27.2 Å². The molecule has 1 atom stereocenters. The van der Waals surface area contributed by atoms with Crippen molar-refractivity contribution in [2.24, 2.45) is 0 Å². The minimum Gasteiger partial charge on any atom is -0.311 e. The van der Waals surface area contributed by atoms with Crippen molar-refractivity contribution in [2.45, 2.75) is 26.2 Å². The summed E-state index contributed by atoms with van der Waals surface area (Å²) in [4.78, 5) is 0. The lowest BCUT2D eigenvalue weighted by Crippen LogP contribution is -2.12. The van der Waals surface area contributed by atoms with E-state index < -0.39 is 20.6 Å². The zero-order chi connectivity index (χ0) is 12.8. The summed E-state index contributed by atoms with van der Waals surface area (Å²) in [7, 11) is -4.47. The minimum absolute atomic E-state index is 0.203. The van der Waals surface area contributed by atoms with Crippen molar-refractivity contribution in [3.05, 3.63) is 0 Å². The maximum Gasteiger partial charge on any atom is 0.345 e. The molecule has 0 aliphatic rings. The van der Waals surface area contributed by atoms with Crippen molar-refractivity contribution < 1.29 is 27.2 Å². The first-order valence-corrected chi connectivity index (χ1v) is 8.22. The maximum atomic E-state index is 12.3. The molecular formula is C8H20O6P2. The van der Waals surface area contributed by atoms with Crippen LogP contribution in [0.2, 0.25) is 0 Å². The van der Waals surface area contributed by atoms with Crippen molar-refractivity contribution in [3.8, 4) is 0 Å². The molecule has 0 rings (SSSR count). The van der Waals surface area contributed by atoms with Crippen molar-refractivity contribution in [3.63, 3.8) is 0 Å². The van der Waals surface area contributed by atoms with Gasteiger partial charge in [-0.1, -0.05) is 0 Å². The number of hydrogen-bond donors (Lipinski definition) is 0. The Kier molecular flexibility index (Phi) is 7.03. The topological polar surface area (TPSA) is 71.1 Å². The molecule has 0 fully saturated rings. The minimum atomic E-state index is -3.48. The van der Waals surface area contributed by atoms with Gasteiger partial charge < -0.3 is 18.1 Å². The monoisotopic (exact) mass is 274 g/mol. The Morgan fingerprint density at radius 1 is 0.938 bits per heavy atom. The Morgan fingerprint density at radius 2 is 1.31 bits per heavy atom. The van der Waals surface area contributed by atoms with E-state index in [2.05, 4.69) is 0 Å². The highest BCUT2D eigenvalue weighted by molar-refractivity contribution is 7.72. The molecule has 0 N–H and O–H groups in total. The second kappa shape index (κ2) is 6.90. The van der Waals surface area contributed by atoms with Crippen LogP contribution in [0, 0.1) is 0 Å². The molecule has 0 aromatic rings. The Balaban J connectivity index is 5.07. The largest absolute Gasteiger partial charge is 0.345 e. The van der Waals surface area contributed by atoms with Gasteiger partial charge in [0.05, 0.1) is 13.2 Å². The quantitative estimate of drug-likeness (QED) is 0.633. The smallest absolute Gasteiger partial charge is 0.311 e. The molecule has 8 heteroatoms. The first-order chi connectivity index (χ1) is 7.40. The molecule has 0 aliphatic heterocycles. The molecule has 0 aromatic heterocycles. The number of rotatable bonds is 8. The van der Waals surface area contributed by atoms with E-state index in [1.54, 1.807) is 13.8 Å². The molecule has 0 radical (unpaired) electrons. The van der Waals surface area contributed by atoms with Crippen LogP contribution in [0.25, 0.3) is 0 Å². The summed E-state index contributed by atoms with van der Waals surface area (Å²) in [6.45, 7) is 5.25. The molecule has 0 saturated heterocycles. The molecule has 16 heavy (non-hydrogen) atoms. The van der Waals surface area contributed by atoms with Gasteiger partial charge in [-0.2, -0.15) is 0 Å². The molecule has 0 bridgehead atoms. The molecule has 0 aromatic carbocycles. The predicted molar refractivity (Wildman–Crippen MR) is 61.9 cm³/mol. The third-order valence-corrected chi connectivity index (χ3v) is 7.82. The summed E-state index contributed by atoms with van der Waals surface area (Å²) >= 11 is 0. The zero-order valence-electron chi connectivity index (χ0n) is 10.3. The molecule has 0 amide bonds. The summed E-state index contributed by atoms with van der Waals surface area (Å²) in [6.07, 6.45) is 0. The van der Waals surface area contributed by atoms with Crippen LogP contribution in [0.15, 0.2) is 0 Å². The van der Waals surface area contributed by atoms with Gasteiger partial charge >= 0.3 is 15.2 Å². The fourth-order valence-electron chi connectivity index (χ4n) is 1.17. The lowest BCUT2D eigenvalue weighted by molar-refractivity contribution is 0.210. The van der Waals surface area contributed by atoms with Gasteiger partial charge in [0.1, 0.15) is 0 Å². The van der Waals surface area contributed by atoms with Gasteiger partial charge in [0, 0.05) is 14.2 Å². The number of hydrogen-bond acceptors (Lipinski definition) is 6. The Labute approximate surface area is 96.7 Å². The second-order valence-electron chi connectivity index (χ2n) is 2.91. The zero-order valence-corrected chi connectivity index (χ0v) is 12.1. The third kappa shape index (κ3) is 3.66. The van der Waals surface area contributed by atoms with Crippen LogP contribution in [0.5, 0.6) is 0 Å². The Morgan fingerprint density at radius 3 is 1.56 bits per heavy atom. The molecule has 98 valence electrons. The van der Waals surface area contributed by atoms with Crippen molar-refractivity contribution in [2.75, 3.05) is 27.4 Å². The summed E-state index contributed by atoms with van der Waals surface area (Å²) in [5, 5.41) is -0.949. The highest BCUT2D eigenvalue weighted by Crippen LogP contribution is 2.69. The Hall–Kier alpha value is 0.300. The highest BCUT2D eigenvalue weighted by atomic mass is 31.2. The van der Waals surface area contributed by atoms with Gasteiger partial charge in [-0.25, -0.2) is 0 Å². The predicted octanol–water partition coefficient (Wildman–Crippen LogP) is 3.08. The normalized spacial score (nSPS) is 15.1. The fourth-order valence-corrected chi connectivity index (χ4v) is 5.50. The van der Waals surface area contributed by atoms with Gasteiger partial charge in [-0.15, -0.1) is 0 Å². The standard InChI is InChI=1S/C8H20O6P2/c1-6-13-16(10,14-7-2)8(3)15(9,11-4)12-5/h8H,6-7H2,1-5H3. The molecule has 1 unspecified atom stereocenters. The summed E-state index contributed by atoms with van der Waals surface area (Å²) < 4.78 is 44.1. The van der Waals surface area contributed by atoms with Crippen LogP contribution < -0.4 is 0 Å². The summed E-state index contributed by atoms with van der Waals surface area (Å²) in [5.41, 5.74) is 0. The first-order valence-electron chi connectivity index (χ1n) is 5.00. The molecule has 0 spiro atoms. The molecule has 0 saturated carbocycles. The molecule has 0 aliphatic carbocycles. The van der Waals surface area contributed by atoms with Gasteiger partial charge in [-0.3, -0.25) is 9.13 Å². The van der Waals surface area contributed by atoms with Crippen molar-refractivity contribution in [1.29, 1.82) is 0 Å².